The van der Waals surface area contributed by atoms with Crippen molar-refractivity contribution in [1.82, 2.24) is 4.98 Å². The topological polar surface area (TPSA) is 65.5 Å². The standard InChI is InChI=1S/C18H16BrNO4S/c1-13-2-5-15(6-3-13)25(21,22)24-11-10-23-18-8-9-20-17-12-14(19)4-7-16(17)18/h2-9,12H,10-11H2,1H3. The second-order valence-electron chi connectivity index (χ2n) is 5.41. The smallest absolute Gasteiger partial charge is 0.297 e. The van der Waals surface area contributed by atoms with E-state index >= 15 is 0 Å². The number of aromatic nitrogens is 1. The maximum Gasteiger partial charge on any atom is 0.297 e. The van der Waals surface area contributed by atoms with Crippen molar-refractivity contribution < 1.29 is 17.3 Å². The molecule has 0 unspecified atom stereocenters. The largest absolute Gasteiger partial charge is 0.490 e. The summed E-state index contributed by atoms with van der Waals surface area (Å²) in [5, 5.41) is 0.854. The van der Waals surface area contributed by atoms with Crippen molar-refractivity contribution >= 4 is 37.0 Å². The van der Waals surface area contributed by atoms with Crippen LogP contribution in [-0.4, -0.2) is 26.6 Å². The Hall–Kier alpha value is -1.96. The lowest BCUT2D eigenvalue weighted by Crippen LogP contribution is -2.13. The zero-order chi connectivity index (χ0) is 17.9. The fourth-order valence-corrected chi connectivity index (χ4v) is 3.53. The third-order valence-corrected chi connectivity index (χ3v) is 5.37. The van der Waals surface area contributed by atoms with Crippen LogP contribution in [0.3, 0.4) is 0 Å². The molecule has 0 bridgehead atoms. The zero-order valence-electron chi connectivity index (χ0n) is 13.5. The molecule has 25 heavy (non-hydrogen) atoms. The van der Waals surface area contributed by atoms with Crippen molar-refractivity contribution in [2.75, 3.05) is 13.2 Å². The van der Waals surface area contributed by atoms with Crippen LogP contribution in [0.4, 0.5) is 0 Å². The molecule has 1 aromatic heterocycles. The lowest BCUT2D eigenvalue weighted by molar-refractivity contribution is 0.222. The molecule has 0 spiro atoms. The summed E-state index contributed by atoms with van der Waals surface area (Å²) in [7, 11) is -3.78. The minimum absolute atomic E-state index is 0.0729. The number of ether oxygens (including phenoxy) is 1. The van der Waals surface area contributed by atoms with Gasteiger partial charge in [-0.2, -0.15) is 8.42 Å². The molecule has 0 saturated carbocycles. The number of benzene rings is 2. The van der Waals surface area contributed by atoms with Gasteiger partial charge in [0.1, 0.15) is 19.0 Å². The first-order chi connectivity index (χ1) is 12.0. The fraction of sp³-hybridized carbons (Fsp3) is 0.167. The van der Waals surface area contributed by atoms with E-state index in [-0.39, 0.29) is 18.1 Å². The number of nitrogens with zero attached hydrogens (tertiary/aromatic N) is 1. The summed E-state index contributed by atoms with van der Waals surface area (Å²) in [6.45, 7) is 1.93. The van der Waals surface area contributed by atoms with Crippen molar-refractivity contribution in [1.29, 1.82) is 0 Å². The molecule has 0 aliphatic carbocycles. The molecule has 1 heterocycles. The van der Waals surface area contributed by atoms with Crippen molar-refractivity contribution in [3.05, 3.63) is 64.8 Å². The minimum Gasteiger partial charge on any atom is -0.490 e. The fourth-order valence-electron chi connectivity index (χ4n) is 2.29. The zero-order valence-corrected chi connectivity index (χ0v) is 15.9. The molecular weight excluding hydrogens is 406 g/mol. The van der Waals surface area contributed by atoms with Crippen molar-refractivity contribution in [2.45, 2.75) is 11.8 Å². The molecule has 3 rings (SSSR count). The normalized spacial score (nSPS) is 11.6. The molecule has 0 amide bonds. The van der Waals surface area contributed by atoms with E-state index in [4.69, 9.17) is 8.92 Å². The number of rotatable bonds is 6. The number of pyridine rings is 1. The molecule has 0 atom stereocenters. The van der Waals surface area contributed by atoms with E-state index in [1.165, 1.54) is 12.1 Å². The highest BCUT2D eigenvalue weighted by Gasteiger charge is 2.14. The molecule has 7 heteroatoms. The van der Waals surface area contributed by atoms with E-state index in [0.717, 1.165) is 20.9 Å². The number of hydrogen-bond donors (Lipinski definition) is 0. The van der Waals surface area contributed by atoms with Crippen LogP contribution >= 0.6 is 15.9 Å². The van der Waals surface area contributed by atoms with E-state index in [1.807, 2.05) is 25.1 Å². The van der Waals surface area contributed by atoms with Crippen LogP contribution in [-0.2, 0) is 14.3 Å². The molecule has 2 aromatic carbocycles. The number of fused-ring (bicyclic) bond motifs is 1. The number of aryl methyl sites for hydroxylation is 1. The first kappa shape index (κ1) is 17.8. The maximum absolute atomic E-state index is 12.1. The van der Waals surface area contributed by atoms with Gasteiger partial charge in [-0.15, -0.1) is 0 Å². The molecule has 0 N–H and O–H groups in total. The van der Waals surface area contributed by atoms with E-state index in [9.17, 15) is 8.42 Å². The first-order valence-corrected chi connectivity index (χ1v) is 9.79. The third-order valence-electron chi connectivity index (χ3n) is 3.55. The van der Waals surface area contributed by atoms with E-state index in [0.29, 0.717) is 5.75 Å². The highest BCUT2D eigenvalue weighted by molar-refractivity contribution is 9.10. The second-order valence-corrected chi connectivity index (χ2v) is 7.94. The van der Waals surface area contributed by atoms with Crippen molar-refractivity contribution in [2.24, 2.45) is 0 Å². The highest BCUT2D eigenvalue weighted by Crippen LogP contribution is 2.26. The summed E-state index contributed by atoms with van der Waals surface area (Å²) in [6, 6.07) is 13.9. The molecule has 0 radical (unpaired) electrons. The second kappa shape index (κ2) is 7.51. The Morgan fingerprint density at radius 2 is 1.80 bits per heavy atom. The van der Waals surface area contributed by atoms with Crippen LogP contribution in [0.15, 0.2) is 64.1 Å². The summed E-state index contributed by atoms with van der Waals surface area (Å²) in [5.74, 6) is 0.633. The van der Waals surface area contributed by atoms with Gasteiger partial charge in [-0.25, -0.2) is 0 Å². The van der Waals surface area contributed by atoms with Gasteiger partial charge in [-0.3, -0.25) is 9.17 Å². The maximum atomic E-state index is 12.1. The lowest BCUT2D eigenvalue weighted by Gasteiger charge is -2.10. The molecular formula is C18H16BrNO4S. The SMILES string of the molecule is Cc1ccc(S(=O)(=O)OCCOc2ccnc3cc(Br)ccc23)cc1. The average molecular weight is 422 g/mol. The minimum atomic E-state index is -3.78. The Morgan fingerprint density at radius 1 is 1.04 bits per heavy atom. The molecule has 3 aromatic rings. The van der Waals surface area contributed by atoms with Gasteiger partial charge < -0.3 is 4.74 Å². The average Bonchev–Trinajstić information content (AvgIpc) is 2.59. The predicted molar refractivity (Wildman–Crippen MR) is 99.3 cm³/mol. The Bertz CT molecular complexity index is 988. The molecule has 0 saturated heterocycles. The van der Waals surface area contributed by atoms with Gasteiger partial charge in [0.2, 0.25) is 0 Å². The van der Waals surface area contributed by atoms with Crippen molar-refractivity contribution in [3.8, 4) is 5.75 Å². The summed E-state index contributed by atoms with van der Waals surface area (Å²) in [6.07, 6.45) is 1.65. The van der Waals surface area contributed by atoms with E-state index in [1.54, 1.807) is 24.4 Å². The van der Waals surface area contributed by atoms with Crippen LogP contribution < -0.4 is 4.74 Å². The Kier molecular flexibility index (Phi) is 5.36. The monoisotopic (exact) mass is 421 g/mol. The third kappa shape index (κ3) is 4.36. The first-order valence-electron chi connectivity index (χ1n) is 7.59. The number of halogens is 1. The van der Waals surface area contributed by atoms with E-state index < -0.39 is 10.1 Å². The summed E-state index contributed by atoms with van der Waals surface area (Å²) >= 11 is 3.40. The molecule has 0 aliphatic rings. The molecule has 0 aliphatic heterocycles. The highest BCUT2D eigenvalue weighted by atomic mass is 79.9. The summed E-state index contributed by atoms with van der Waals surface area (Å²) in [4.78, 5) is 4.42. The summed E-state index contributed by atoms with van der Waals surface area (Å²) < 4.78 is 35.8. The Labute approximate surface area is 154 Å². The Balaban J connectivity index is 1.63. The van der Waals surface area contributed by atoms with Crippen molar-refractivity contribution in [3.63, 3.8) is 0 Å². The van der Waals surface area contributed by atoms with Gasteiger partial charge >= 0.3 is 0 Å². The van der Waals surface area contributed by atoms with Crippen LogP contribution in [0.1, 0.15) is 5.56 Å². The number of hydrogen-bond acceptors (Lipinski definition) is 5. The quantitative estimate of drug-likeness (QED) is 0.442. The van der Waals surface area contributed by atoms with Crippen LogP contribution in [0, 0.1) is 6.92 Å². The van der Waals surface area contributed by atoms with Gasteiger partial charge in [0.05, 0.1) is 10.4 Å². The predicted octanol–water partition coefficient (Wildman–Crippen LogP) is 4.09. The van der Waals surface area contributed by atoms with Crippen LogP contribution in [0.2, 0.25) is 0 Å². The molecule has 130 valence electrons. The lowest BCUT2D eigenvalue weighted by atomic mass is 10.2. The van der Waals surface area contributed by atoms with Crippen LogP contribution in [0.25, 0.3) is 10.9 Å². The molecule has 5 nitrogen and oxygen atoms in total. The van der Waals surface area contributed by atoms with E-state index in [2.05, 4.69) is 20.9 Å². The van der Waals surface area contributed by atoms with Gasteiger partial charge in [0.25, 0.3) is 10.1 Å². The molecule has 0 fully saturated rings. The van der Waals surface area contributed by atoms with Crippen LogP contribution in [0.5, 0.6) is 5.75 Å². The van der Waals surface area contributed by atoms with Gasteiger partial charge in [-0.05, 0) is 43.3 Å². The van der Waals surface area contributed by atoms with Gasteiger partial charge in [0, 0.05) is 16.1 Å². The summed E-state index contributed by atoms with van der Waals surface area (Å²) in [5.41, 5.74) is 1.78. The van der Waals surface area contributed by atoms with Gasteiger partial charge in [0.15, 0.2) is 0 Å². The van der Waals surface area contributed by atoms with Gasteiger partial charge in [-0.1, -0.05) is 33.6 Å². The Morgan fingerprint density at radius 3 is 2.56 bits per heavy atom.